The van der Waals surface area contributed by atoms with Crippen LogP contribution < -0.4 is 0 Å². The summed E-state index contributed by atoms with van der Waals surface area (Å²) in [5.41, 5.74) is 1.86. The van der Waals surface area contributed by atoms with Crippen LogP contribution in [0.4, 0.5) is 0 Å². The molecule has 25 heavy (non-hydrogen) atoms. The summed E-state index contributed by atoms with van der Waals surface area (Å²) in [6.07, 6.45) is 0.508. The fourth-order valence-electron chi connectivity index (χ4n) is 3.54. The third-order valence-corrected chi connectivity index (χ3v) is 5.66. The standard InChI is InChI=1S/C19H25N3O2S/c1-14-10-21(11-15(2)24-14)12-16-3-5-17(6-4-16)19(23)22-7-8-25-13-18(22)9-20/h3-6,14-15,18H,7-8,10-13H2,1-2H3/t14-,15-,18-/m1/s1. The van der Waals surface area contributed by atoms with Crippen LogP contribution in [-0.2, 0) is 11.3 Å². The number of thioether (sulfide) groups is 1. The fraction of sp³-hybridized carbons (Fsp3) is 0.579. The lowest BCUT2D eigenvalue weighted by molar-refractivity contribution is -0.0704. The van der Waals surface area contributed by atoms with Crippen molar-refractivity contribution in [2.75, 3.05) is 31.1 Å². The molecule has 3 atom stereocenters. The minimum atomic E-state index is -0.317. The van der Waals surface area contributed by atoms with Crippen LogP contribution in [-0.4, -0.2) is 65.1 Å². The van der Waals surface area contributed by atoms with Crippen LogP contribution in [0.15, 0.2) is 24.3 Å². The van der Waals surface area contributed by atoms with Crippen LogP contribution in [0.2, 0.25) is 0 Å². The Morgan fingerprint density at radius 2 is 1.96 bits per heavy atom. The number of carbonyl (C=O) groups excluding carboxylic acids is 1. The minimum Gasteiger partial charge on any atom is -0.373 e. The first-order chi connectivity index (χ1) is 12.1. The van der Waals surface area contributed by atoms with E-state index in [-0.39, 0.29) is 24.2 Å². The van der Waals surface area contributed by atoms with Gasteiger partial charge in [-0.25, -0.2) is 0 Å². The van der Waals surface area contributed by atoms with Gasteiger partial charge in [-0.3, -0.25) is 9.69 Å². The monoisotopic (exact) mass is 359 g/mol. The predicted molar refractivity (Wildman–Crippen MR) is 99.5 cm³/mol. The van der Waals surface area contributed by atoms with E-state index in [1.807, 2.05) is 24.3 Å². The largest absolute Gasteiger partial charge is 0.373 e. The predicted octanol–water partition coefficient (Wildman–Crippen LogP) is 2.38. The average Bonchev–Trinajstić information content (AvgIpc) is 2.61. The maximum absolute atomic E-state index is 12.7. The molecule has 2 fully saturated rings. The summed E-state index contributed by atoms with van der Waals surface area (Å²) in [6.45, 7) is 7.58. The molecule has 0 aromatic heterocycles. The summed E-state index contributed by atoms with van der Waals surface area (Å²) >= 11 is 1.73. The van der Waals surface area contributed by atoms with Gasteiger partial charge in [0.2, 0.25) is 0 Å². The molecule has 2 heterocycles. The zero-order valence-corrected chi connectivity index (χ0v) is 15.7. The number of hydrogen-bond donors (Lipinski definition) is 0. The highest BCUT2D eigenvalue weighted by molar-refractivity contribution is 7.99. The van der Waals surface area contributed by atoms with E-state index in [1.165, 1.54) is 5.56 Å². The molecule has 0 bridgehead atoms. The Bertz CT molecular complexity index is 633. The Labute approximate surface area is 153 Å². The van der Waals surface area contributed by atoms with Crippen LogP contribution in [0.25, 0.3) is 0 Å². The average molecular weight is 359 g/mol. The molecule has 1 aromatic carbocycles. The highest BCUT2D eigenvalue weighted by atomic mass is 32.2. The van der Waals surface area contributed by atoms with Gasteiger partial charge in [-0.15, -0.1) is 0 Å². The molecule has 0 unspecified atom stereocenters. The summed E-state index contributed by atoms with van der Waals surface area (Å²) in [5.74, 6) is 1.57. The second kappa shape index (κ2) is 8.22. The number of ether oxygens (including phenoxy) is 1. The van der Waals surface area contributed by atoms with Gasteiger partial charge in [0, 0.05) is 43.2 Å². The number of carbonyl (C=O) groups is 1. The number of nitrogens with zero attached hydrogens (tertiary/aromatic N) is 3. The van der Waals surface area contributed by atoms with E-state index in [0.717, 1.165) is 25.4 Å². The number of amides is 1. The van der Waals surface area contributed by atoms with Crippen molar-refractivity contribution in [1.82, 2.24) is 9.80 Å². The smallest absolute Gasteiger partial charge is 0.254 e. The van der Waals surface area contributed by atoms with Gasteiger partial charge < -0.3 is 9.64 Å². The zero-order chi connectivity index (χ0) is 17.8. The molecule has 134 valence electrons. The van der Waals surface area contributed by atoms with Gasteiger partial charge in [-0.05, 0) is 31.5 Å². The van der Waals surface area contributed by atoms with E-state index in [9.17, 15) is 10.1 Å². The summed E-state index contributed by atoms with van der Waals surface area (Å²) in [5, 5.41) is 9.25. The van der Waals surface area contributed by atoms with Gasteiger partial charge in [0.15, 0.2) is 0 Å². The van der Waals surface area contributed by atoms with Crippen LogP contribution in [0.1, 0.15) is 29.8 Å². The van der Waals surface area contributed by atoms with Gasteiger partial charge in [0.25, 0.3) is 5.91 Å². The van der Waals surface area contributed by atoms with Crippen LogP contribution in [0.5, 0.6) is 0 Å². The van der Waals surface area contributed by atoms with Gasteiger partial charge in [0.05, 0.1) is 18.3 Å². The van der Waals surface area contributed by atoms with Crippen molar-refractivity contribution in [1.29, 1.82) is 5.26 Å². The Kier molecular flexibility index (Phi) is 6.00. The van der Waals surface area contributed by atoms with Crippen molar-refractivity contribution in [2.24, 2.45) is 0 Å². The molecule has 6 heteroatoms. The van der Waals surface area contributed by atoms with Crippen LogP contribution in [0.3, 0.4) is 0 Å². The van der Waals surface area contributed by atoms with Crippen molar-refractivity contribution in [3.63, 3.8) is 0 Å². The maximum atomic E-state index is 12.7. The molecule has 2 aliphatic rings. The van der Waals surface area contributed by atoms with E-state index in [4.69, 9.17) is 4.74 Å². The number of benzene rings is 1. The number of morpholine rings is 1. The van der Waals surface area contributed by atoms with Crippen LogP contribution in [0, 0.1) is 11.3 Å². The lowest BCUT2D eigenvalue weighted by Crippen LogP contribution is -2.45. The van der Waals surface area contributed by atoms with E-state index in [0.29, 0.717) is 17.9 Å². The number of nitriles is 1. The molecule has 0 spiro atoms. The highest BCUT2D eigenvalue weighted by Gasteiger charge is 2.27. The molecule has 0 aliphatic carbocycles. The number of hydrogen-bond acceptors (Lipinski definition) is 5. The maximum Gasteiger partial charge on any atom is 0.254 e. The van der Waals surface area contributed by atoms with E-state index in [2.05, 4.69) is 24.8 Å². The molecule has 0 N–H and O–H groups in total. The lowest BCUT2D eigenvalue weighted by Gasteiger charge is -2.35. The summed E-state index contributed by atoms with van der Waals surface area (Å²) < 4.78 is 5.77. The molecule has 0 saturated carbocycles. The summed E-state index contributed by atoms with van der Waals surface area (Å²) in [7, 11) is 0. The quantitative estimate of drug-likeness (QED) is 0.829. The Hall–Kier alpha value is -1.55. The molecule has 0 radical (unpaired) electrons. The molecule has 1 aromatic rings. The lowest BCUT2D eigenvalue weighted by atomic mass is 10.1. The zero-order valence-electron chi connectivity index (χ0n) is 14.9. The molecule has 1 amide bonds. The third-order valence-electron chi connectivity index (χ3n) is 4.64. The Morgan fingerprint density at radius 3 is 2.60 bits per heavy atom. The second-order valence-corrected chi connectivity index (χ2v) is 8.02. The summed E-state index contributed by atoms with van der Waals surface area (Å²) in [4.78, 5) is 16.8. The minimum absolute atomic E-state index is 0.0352. The molecular formula is C19H25N3O2S. The van der Waals surface area contributed by atoms with Gasteiger partial charge in [-0.2, -0.15) is 17.0 Å². The van der Waals surface area contributed by atoms with Gasteiger partial charge in [0.1, 0.15) is 6.04 Å². The molecular weight excluding hydrogens is 334 g/mol. The summed E-state index contributed by atoms with van der Waals surface area (Å²) in [6, 6.07) is 9.76. The Balaban J connectivity index is 1.63. The SMILES string of the molecule is C[C@@H]1CN(Cc2ccc(C(=O)N3CCSC[C@H]3C#N)cc2)C[C@@H](C)O1. The first-order valence-corrected chi connectivity index (χ1v) is 9.97. The van der Waals surface area contributed by atoms with Gasteiger partial charge >= 0.3 is 0 Å². The fourth-order valence-corrected chi connectivity index (χ4v) is 4.51. The second-order valence-electron chi connectivity index (χ2n) is 6.87. The topological polar surface area (TPSA) is 56.6 Å². The van der Waals surface area contributed by atoms with Crippen LogP contribution >= 0.6 is 11.8 Å². The molecule has 2 aliphatic heterocycles. The van der Waals surface area contributed by atoms with Crippen molar-refractivity contribution >= 4 is 17.7 Å². The van der Waals surface area contributed by atoms with Crippen molar-refractivity contribution < 1.29 is 9.53 Å². The van der Waals surface area contributed by atoms with Gasteiger partial charge in [-0.1, -0.05) is 12.1 Å². The van der Waals surface area contributed by atoms with E-state index < -0.39 is 0 Å². The first-order valence-electron chi connectivity index (χ1n) is 8.82. The molecule has 5 nitrogen and oxygen atoms in total. The van der Waals surface area contributed by atoms with E-state index in [1.54, 1.807) is 16.7 Å². The Morgan fingerprint density at radius 1 is 1.28 bits per heavy atom. The van der Waals surface area contributed by atoms with Crippen molar-refractivity contribution in [3.8, 4) is 6.07 Å². The normalized spacial score (nSPS) is 27.7. The highest BCUT2D eigenvalue weighted by Crippen LogP contribution is 2.20. The van der Waals surface area contributed by atoms with E-state index >= 15 is 0 Å². The third kappa shape index (κ3) is 4.55. The van der Waals surface area contributed by atoms with Crippen molar-refractivity contribution in [2.45, 2.75) is 38.6 Å². The number of rotatable bonds is 3. The molecule has 2 saturated heterocycles. The van der Waals surface area contributed by atoms with Crippen molar-refractivity contribution in [3.05, 3.63) is 35.4 Å². The first kappa shape index (κ1) is 18.2. The molecule has 3 rings (SSSR count).